The van der Waals surface area contributed by atoms with Crippen molar-refractivity contribution in [3.63, 3.8) is 0 Å². The maximum absolute atomic E-state index is 11.3. The van der Waals surface area contributed by atoms with Gasteiger partial charge in [-0.25, -0.2) is 4.98 Å². The van der Waals surface area contributed by atoms with Crippen LogP contribution in [0.5, 0.6) is 11.5 Å². The summed E-state index contributed by atoms with van der Waals surface area (Å²) in [4.78, 5) is 18.1. The number of pyridine rings is 1. The van der Waals surface area contributed by atoms with Crippen LogP contribution in [0, 0.1) is 0 Å². The third-order valence-corrected chi connectivity index (χ3v) is 5.01. The average Bonchev–Trinajstić information content (AvgIpc) is 2.73. The summed E-state index contributed by atoms with van der Waals surface area (Å²) in [6.07, 6.45) is 3.98. The summed E-state index contributed by atoms with van der Waals surface area (Å²) in [7, 11) is 1.65. The van der Waals surface area contributed by atoms with E-state index >= 15 is 0 Å². The molecule has 3 rings (SSSR count). The quantitative estimate of drug-likeness (QED) is 0.711. The van der Waals surface area contributed by atoms with Crippen molar-refractivity contribution in [2.24, 2.45) is 0 Å². The second kappa shape index (κ2) is 10.1. The topological polar surface area (TPSA) is 75.7 Å². The third-order valence-electron chi connectivity index (χ3n) is 5.01. The van der Waals surface area contributed by atoms with Crippen LogP contribution in [0.4, 0.5) is 11.5 Å². The maximum Gasteiger partial charge on any atom is 0.222 e. The van der Waals surface area contributed by atoms with E-state index in [4.69, 9.17) is 9.47 Å². The molecule has 0 unspecified atom stereocenters. The first-order chi connectivity index (χ1) is 14.1. The van der Waals surface area contributed by atoms with Crippen LogP contribution >= 0.6 is 0 Å². The molecule has 0 radical (unpaired) electrons. The van der Waals surface area contributed by atoms with Gasteiger partial charge in [0.25, 0.3) is 0 Å². The molecule has 0 aliphatic carbocycles. The van der Waals surface area contributed by atoms with Crippen LogP contribution < -0.4 is 25.0 Å². The SMILES string of the molecule is CCOc1cc(CN(c2ccc(NC(C)=O)nc2)C2CCNCC2)ccc1OC. The first-order valence-electron chi connectivity index (χ1n) is 10.1. The molecule has 1 aliphatic heterocycles. The number of hydrogen-bond acceptors (Lipinski definition) is 6. The van der Waals surface area contributed by atoms with Crippen LogP contribution in [0.1, 0.15) is 32.3 Å². The Bertz CT molecular complexity index is 804. The number of amides is 1. The number of hydrogen-bond donors (Lipinski definition) is 2. The highest BCUT2D eigenvalue weighted by atomic mass is 16.5. The Hall–Kier alpha value is -2.80. The van der Waals surface area contributed by atoms with Gasteiger partial charge in [0.1, 0.15) is 5.82 Å². The summed E-state index contributed by atoms with van der Waals surface area (Å²) >= 11 is 0. The van der Waals surface area contributed by atoms with E-state index < -0.39 is 0 Å². The van der Waals surface area contributed by atoms with Crippen molar-refractivity contribution in [3.05, 3.63) is 42.1 Å². The van der Waals surface area contributed by atoms with Crippen molar-refractivity contribution >= 4 is 17.4 Å². The van der Waals surface area contributed by atoms with Gasteiger partial charge in [-0.3, -0.25) is 4.79 Å². The minimum Gasteiger partial charge on any atom is -0.493 e. The van der Waals surface area contributed by atoms with Crippen LogP contribution in [0.15, 0.2) is 36.5 Å². The Balaban J connectivity index is 1.86. The zero-order chi connectivity index (χ0) is 20.6. The number of rotatable bonds is 8. The van der Waals surface area contributed by atoms with Gasteiger partial charge in [0.2, 0.25) is 5.91 Å². The van der Waals surface area contributed by atoms with Gasteiger partial charge < -0.3 is 25.0 Å². The Morgan fingerprint density at radius 1 is 1.24 bits per heavy atom. The molecule has 1 fully saturated rings. The van der Waals surface area contributed by atoms with E-state index in [1.165, 1.54) is 6.92 Å². The van der Waals surface area contributed by atoms with E-state index in [9.17, 15) is 4.79 Å². The van der Waals surface area contributed by atoms with Gasteiger partial charge in [-0.05, 0) is 62.7 Å². The Labute approximate surface area is 172 Å². The predicted molar refractivity (Wildman–Crippen MR) is 115 cm³/mol. The number of piperidine rings is 1. The van der Waals surface area contributed by atoms with Crippen LogP contribution in [0.25, 0.3) is 0 Å². The fourth-order valence-corrected chi connectivity index (χ4v) is 3.64. The van der Waals surface area contributed by atoms with Crippen molar-refractivity contribution < 1.29 is 14.3 Å². The van der Waals surface area contributed by atoms with Crippen molar-refractivity contribution in [2.45, 2.75) is 39.3 Å². The zero-order valence-electron chi connectivity index (χ0n) is 17.4. The van der Waals surface area contributed by atoms with E-state index in [0.29, 0.717) is 18.5 Å². The first-order valence-corrected chi connectivity index (χ1v) is 10.1. The van der Waals surface area contributed by atoms with Crippen molar-refractivity contribution in [1.82, 2.24) is 10.3 Å². The van der Waals surface area contributed by atoms with Crippen LogP contribution in [-0.2, 0) is 11.3 Å². The highest BCUT2D eigenvalue weighted by Crippen LogP contribution is 2.31. The molecule has 0 bridgehead atoms. The van der Waals surface area contributed by atoms with Gasteiger partial charge in [0.05, 0.1) is 25.6 Å². The smallest absolute Gasteiger partial charge is 0.222 e. The molecule has 29 heavy (non-hydrogen) atoms. The summed E-state index contributed by atoms with van der Waals surface area (Å²) in [6.45, 7) is 6.80. The normalized spacial score (nSPS) is 14.3. The molecule has 1 aromatic carbocycles. The molecule has 2 aromatic rings. The lowest BCUT2D eigenvalue weighted by Gasteiger charge is -2.36. The van der Waals surface area contributed by atoms with E-state index in [1.807, 2.05) is 31.3 Å². The highest BCUT2D eigenvalue weighted by molar-refractivity contribution is 5.87. The highest BCUT2D eigenvalue weighted by Gasteiger charge is 2.22. The van der Waals surface area contributed by atoms with Gasteiger partial charge in [0.15, 0.2) is 11.5 Å². The lowest BCUT2D eigenvalue weighted by atomic mass is 10.0. The molecular weight excluding hydrogens is 368 g/mol. The van der Waals surface area contributed by atoms with Gasteiger partial charge >= 0.3 is 0 Å². The lowest BCUT2D eigenvalue weighted by molar-refractivity contribution is -0.114. The number of anilines is 2. The second-order valence-electron chi connectivity index (χ2n) is 7.11. The average molecular weight is 399 g/mol. The fraction of sp³-hybridized carbons (Fsp3) is 0.455. The standard InChI is InChI=1S/C22H30N4O3/c1-4-29-21-13-17(5-7-20(21)28-3)15-26(18-9-11-23-12-10-18)19-6-8-22(24-14-19)25-16(2)27/h5-8,13-14,18,23H,4,9-12,15H2,1-3H3,(H,24,25,27). The summed E-state index contributed by atoms with van der Waals surface area (Å²) in [5.41, 5.74) is 2.19. The molecule has 0 saturated carbocycles. The zero-order valence-corrected chi connectivity index (χ0v) is 17.4. The fourth-order valence-electron chi connectivity index (χ4n) is 3.64. The molecule has 1 amide bonds. The van der Waals surface area contributed by atoms with Gasteiger partial charge in [-0.2, -0.15) is 0 Å². The molecule has 156 valence electrons. The number of aromatic nitrogens is 1. The number of carbonyl (C=O) groups is 1. The van der Waals surface area contributed by atoms with Gasteiger partial charge in [0, 0.05) is 19.5 Å². The molecule has 0 atom stereocenters. The molecule has 2 heterocycles. The number of nitrogens with one attached hydrogen (secondary N) is 2. The number of benzene rings is 1. The Kier molecular flexibility index (Phi) is 7.30. The van der Waals surface area contributed by atoms with Crippen LogP contribution in [0.3, 0.4) is 0 Å². The number of methoxy groups -OCH3 is 1. The summed E-state index contributed by atoms with van der Waals surface area (Å²) in [5.74, 6) is 1.94. The second-order valence-corrected chi connectivity index (χ2v) is 7.11. The molecule has 1 aliphatic rings. The molecule has 0 spiro atoms. The molecular formula is C22H30N4O3. The van der Waals surface area contributed by atoms with Crippen molar-refractivity contribution in [3.8, 4) is 11.5 Å². The van der Waals surface area contributed by atoms with E-state index in [2.05, 4.69) is 32.7 Å². The van der Waals surface area contributed by atoms with Crippen molar-refractivity contribution in [2.75, 3.05) is 37.0 Å². The third kappa shape index (κ3) is 5.60. The summed E-state index contributed by atoms with van der Waals surface area (Å²) in [6, 6.07) is 10.4. The molecule has 1 saturated heterocycles. The maximum atomic E-state index is 11.3. The molecule has 1 aromatic heterocycles. The number of ether oxygens (including phenoxy) is 2. The van der Waals surface area contributed by atoms with E-state index in [-0.39, 0.29) is 5.91 Å². The van der Waals surface area contributed by atoms with E-state index in [0.717, 1.165) is 55.2 Å². The van der Waals surface area contributed by atoms with Gasteiger partial charge in [-0.1, -0.05) is 6.07 Å². The predicted octanol–water partition coefficient (Wildman–Crippen LogP) is 3.21. The van der Waals surface area contributed by atoms with E-state index in [1.54, 1.807) is 7.11 Å². The minimum absolute atomic E-state index is 0.123. The number of carbonyl (C=O) groups excluding carboxylic acids is 1. The number of nitrogens with zero attached hydrogens (tertiary/aromatic N) is 2. The molecule has 2 N–H and O–H groups in total. The summed E-state index contributed by atoms with van der Waals surface area (Å²) < 4.78 is 11.2. The summed E-state index contributed by atoms with van der Waals surface area (Å²) in [5, 5.41) is 6.16. The Morgan fingerprint density at radius 2 is 2.03 bits per heavy atom. The largest absolute Gasteiger partial charge is 0.493 e. The molecule has 7 nitrogen and oxygen atoms in total. The van der Waals surface area contributed by atoms with Crippen LogP contribution in [-0.4, -0.2) is 43.7 Å². The molecule has 7 heteroatoms. The Morgan fingerprint density at radius 3 is 2.66 bits per heavy atom. The first kappa shape index (κ1) is 20.9. The minimum atomic E-state index is -0.123. The van der Waals surface area contributed by atoms with Crippen LogP contribution in [0.2, 0.25) is 0 Å². The monoisotopic (exact) mass is 398 g/mol. The van der Waals surface area contributed by atoms with Gasteiger partial charge in [-0.15, -0.1) is 0 Å². The van der Waals surface area contributed by atoms with Crippen molar-refractivity contribution in [1.29, 1.82) is 0 Å². The lowest BCUT2D eigenvalue weighted by Crippen LogP contribution is -2.43.